The Morgan fingerprint density at radius 1 is 1.27 bits per heavy atom. The van der Waals surface area contributed by atoms with Crippen LogP contribution in [0.1, 0.15) is 55.2 Å². The van der Waals surface area contributed by atoms with E-state index in [9.17, 15) is 0 Å². The van der Waals surface area contributed by atoms with E-state index in [0.29, 0.717) is 4.83 Å². The molecule has 0 saturated heterocycles. The standard InChI is InChI=1S/C12H18Br2S/c1-2-3-4-5-6-7-10(13)12-11(14)8-9-15-12/h8-10H,2-7H2,1H3. The Bertz CT molecular complexity index is 270. The van der Waals surface area contributed by atoms with Gasteiger partial charge in [0, 0.05) is 9.35 Å². The van der Waals surface area contributed by atoms with E-state index in [2.05, 4.69) is 50.2 Å². The van der Waals surface area contributed by atoms with Gasteiger partial charge in [-0.3, -0.25) is 0 Å². The molecule has 0 aliphatic rings. The molecule has 0 spiro atoms. The summed E-state index contributed by atoms with van der Waals surface area (Å²) in [5.74, 6) is 0. The van der Waals surface area contributed by atoms with Gasteiger partial charge in [-0.15, -0.1) is 11.3 Å². The molecule has 3 heteroatoms. The van der Waals surface area contributed by atoms with Gasteiger partial charge in [0.1, 0.15) is 0 Å². The molecule has 15 heavy (non-hydrogen) atoms. The van der Waals surface area contributed by atoms with Crippen LogP contribution in [-0.2, 0) is 0 Å². The SMILES string of the molecule is CCCCCCCC(Br)c1sccc1Br. The molecule has 0 aliphatic carbocycles. The molecule has 0 nitrogen and oxygen atoms in total. The van der Waals surface area contributed by atoms with Crippen molar-refractivity contribution in [2.45, 2.75) is 50.3 Å². The lowest BCUT2D eigenvalue weighted by Crippen LogP contribution is -1.88. The van der Waals surface area contributed by atoms with E-state index in [1.807, 2.05) is 11.3 Å². The van der Waals surface area contributed by atoms with Crippen LogP contribution < -0.4 is 0 Å². The average molecular weight is 354 g/mol. The number of hydrogen-bond acceptors (Lipinski definition) is 1. The number of unbranched alkanes of at least 4 members (excludes halogenated alkanes) is 4. The molecule has 0 N–H and O–H groups in total. The van der Waals surface area contributed by atoms with Crippen molar-refractivity contribution in [2.24, 2.45) is 0 Å². The summed E-state index contributed by atoms with van der Waals surface area (Å²) in [6.07, 6.45) is 8.06. The van der Waals surface area contributed by atoms with Crippen LogP contribution in [0.25, 0.3) is 0 Å². The molecule has 0 aliphatic heterocycles. The van der Waals surface area contributed by atoms with E-state index in [-0.39, 0.29) is 0 Å². The topological polar surface area (TPSA) is 0 Å². The quantitative estimate of drug-likeness (QED) is 0.398. The van der Waals surface area contributed by atoms with Crippen LogP contribution in [0, 0.1) is 0 Å². The fourth-order valence-electron chi connectivity index (χ4n) is 1.59. The Hall–Kier alpha value is 0.660. The maximum atomic E-state index is 3.77. The van der Waals surface area contributed by atoms with Crippen LogP contribution in [0.4, 0.5) is 0 Å². The van der Waals surface area contributed by atoms with Crippen LogP contribution in [0.3, 0.4) is 0 Å². The first kappa shape index (κ1) is 13.7. The molecule has 0 amide bonds. The fraction of sp³-hybridized carbons (Fsp3) is 0.667. The highest BCUT2D eigenvalue weighted by molar-refractivity contribution is 9.11. The van der Waals surface area contributed by atoms with Gasteiger partial charge in [-0.25, -0.2) is 0 Å². The highest BCUT2D eigenvalue weighted by Crippen LogP contribution is 2.37. The van der Waals surface area contributed by atoms with Crippen molar-refractivity contribution in [3.8, 4) is 0 Å². The smallest absolute Gasteiger partial charge is 0.0500 e. The number of hydrogen-bond donors (Lipinski definition) is 0. The molecule has 0 fully saturated rings. The van der Waals surface area contributed by atoms with E-state index < -0.39 is 0 Å². The van der Waals surface area contributed by atoms with Gasteiger partial charge >= 0.3 is 0 Å². The molecule has 0 aromatic carbocycles. The van der Waals surface area contributed by atoms with Crippen molar-refractivity contribution in [3.05, 3.63) is 20.8 Å². The first-order valence-corrected chi connectivity index (χ1v) is 8.21. The van der Waals surface area contributed by atoms with Crippen molar-refractivity contribution in [2.75, 3.05) is 0 Å². The van der Waals surface area contributed by atoms with Gasteiger partial charge in [0.2, 0.25) is 0 Å². The van der Waals surface area contributed by atoms with Gasteiger partial charge in [0.15, 0.2) is 0 Å². The third kappa shape index (κ3) is 5.01. The summed E-state index contributed by atoms with van der Waals surface area (Å²) in [4.78, 5) is 1.97. The lowest BCUT2D eigenvalue weighted by Gasteiger charge is -2.08. The second-order valence-electron chi connectivity index (χ2n) is 3.80. The van der Waals surface area contributed by atoms with E-state index in [1.165, 1.54) is 47.9 Å². The predicted octanol–water partition coefficient (Wildman–Crippen LogP) is 6.31. The summed E-state index contributed by atoms with van der Waals surface area (Å²) in [5.41, 5.74) is 0. The molecular weight excluding hydrogens is 336 g/mol. The maximum Gasteiger partial charge on any atom is 0.0500 e. The molecular formula is C12H18Br2S. The van der Waals surface area contributed by atoms with Crippen molar-refractivity contribution in [1.82, 2.24) is 0 Å². The monoisotopic (exact) mass is 352 g/mol. The Kier molecular flexibility index (Phi) is 7.19. The van der Waals surface area contributed by atoms with Gasteiger partial charge in [-0.05, 0) is 33.8 Å². The molecule has 1 aromatic heterocycles. The van der Waals surface area contributed by atoms with Crippen molar-refractivity contribution in [1.29, 1.82) is 0 Å². The second kappa shape index (κ2) is 7.86. The third-order valence-corrected chi connectivity index (χ3v) is 5.69. The summed E-state index contributed by atoms with van der Waals surface area (Å²) in [6, 6.07) is 2.13. The minimum absolute atomic E-state index is 0.536. The van der Waals surface area contributed by atoms with Crippen molar-refractivity contribution < 1.29 is 0 Å². The van der Waals surface area contributed by atoms with Crippen LogP contribution >= 0.6 is 43.2 Å². The molecule has 1 atom stereocenters. The van der Waals surface area contributed by atoms with E-state index in [1.54, 1.807) is 0 Å². The molecule has 0 saturated carbocycles. The largest absolute Gasteiger partial charge is 0.147 e. The lowest BCUT2D eigenvalue weighted by atomic mass is 10.1. The van der Waals surface area contributed by atoms with Crippen LogP contribution in [-0.4, -0.2) is 0 Å². The van der Waals surface area contributed by atoms with Gasteiger partial charge < -0.3 is 0 Å². The van der Waals surface area contributed by atoms with Crippen LogP contribution in [0.2, 0.25) is 0 Å². The predicted molar refractivity (Wildman–Crippen MR) is 77.1 cm³/mol. The minimum atomic E-state index is 0.536. The molecule has 86 valence electrons. The average Bonchev–Trinajstić information content (AvgIpc) is 2.64. The first-order valence-electron chi connectivity index (χ1n) is 5.62. The first-order chi connectivity index (χ1) is 7.25. The van der Waals surface area contributed by atoms with Crippen molar-refractivity contribution in [3.63, 3.8) is 0 Å². The third-order valence-electron chi connectivity index (χ3n) is 2.49. The molecule has 1 unspecified atom stereocenters. The number of rotatable bonds is 7. The lowest BCUT2D eigenvalue weighted by molar-refractivity contribution is 0.607. The van der Waals surface area contributed by atoms with Gasteiger partial charge in [-0.2, -0.15) is 0 Å². The Labute approximate surface area is 114 Å². The summed E-state index contributed by atoms with van der Waals surface area (Å²) in [5, 5.41) is 2.14. The number of thiophene rings is 1. The fourth-order valence-corrected chi connectivity index (χ4v) is 4.45. The molecule has 0 radical (unpaired) electrons. The summed E-state index contributed by atoms with van der Waals surface area (Å²) in [6.45, 7) is 2.26. The Morgan fingerprint density at radius 3 is 2.60 bits per heavy atom. The van der Waals surface area contributed by atoms with E-state index >= 15 is 0 Å². The van der Waals surface area contributed by atoms with Crippen LogP contribution in [0.5, 0.6) is 0 Å². The van der Waals surface area contributed by atoms with E-state index in [4.69, 9.17) is 0 Å². The molecule has 1 rings (SSSR count). The zero-order chi connectivity index (χ0) is 11.1. The van der Waals surface area contributed by atoms with Gasteiger partial charge in [0.25, 0.3) is 0 Å². The molecule has 1 heterocycles. The van der Waals surface area contributed by atoms with E-state index in [0.717, 1.165) is 0 Å². The molecule has 0 bridgehead atoms. The highest BCUT2D eigenvalue weighted by atomic mass is 79.9. The van der Waals surface area contributed by atoms with Crippen LogP contribution in [0.15, 0.2) is 15.9 Å². The Morgan fingerprint density at radius 2 is 2.00 bits per heavy atom. The highest BCUT2D eigenvalue weighted by Gasteiger charge is 2.11. The summed E-state index contributed by atoms with van der Waals surface area (Å²) in [7, 11) is 0. The second-order valence-corrected chi connectivity index (χ2v) is 6.71. The zero-order valence-corrected chi connectivity index (χ0v) is 13.1. The zero-order valence-electron chi connectivity index (χ0n) is 9.14. The number of halogens is 2. The van der Waals surface area contributed by atoms with Gasteiger partial charge in [0.05, 0.1) is 4.83 Å². The summed E-state index contributed by atoms with van der Waals surface area (Å²) >= 11 is 9.18. The minimum Gasteiger partial charge on any atom is -0.147 e. The Balaban J connectivity index is 2.19. The number of alkyl halides is 1. The normalized spacial score (nSPS) is 13.0. The van der Waals surface area contributed by atoms with Crippen molar-refractivity contribution >= 4 is 43.2 Å². The van der Waals surface area contributed by atoms with Gasteiger partial charge in [-0.1, -0.05) is 55.0 Å². The molecule has 1 aromatic rings. The summed E-state index contributed by atoms with van der Waals surface area (Å²) < 4.78 is 1.25. The maximum absolute atomic E-state index is 3.77.